The van der Waals surface area contributed by atoms with Crippen LogP contribution in [0.2, 0.25) is 0 Å². The molecule has 108 valence electrons. The molecule has 3 nitrogen and oxygen atoms in total. The monoisotopic (exact) mass is 298 g/mol. The Bertz CT molecular complexity index is 747. The Kier molecular flexibility index (Phi) is 3.99. The molecule has 0 saturated heterocycles. The maximum Gasteiger partial charge on any atom is 0.0805 e. The second-order valence-electron chi connectivity index (χ2n) is 5.12. The van der Waals surface area contributed by atoms with Gasteiger partial charge >= 0.3 is 0 Å². The van der Waals surface area contributed by atoms with Gasteiger partial charge in [-0.05, 0) is 30.7 Å². The molecular weight excluding hydrogens is 280 g/mol. The molecule has 1 atom stereocenters. The smallest absolute Gasteiger partial charge is 0.0805 e. The number of fused-ring (bicyclic) bond motifs is 1. The highest BCUT2D eigenvalue weighted by Crippen LogP contribution is 2.27. The number of rotatable bonds is 4. The summed E-state index contributed by atoms with van der Waals surface area (Å²) >= 11 is 1.76. The number of hydrogen-bond donors (Lipinski definition) is 1. The molecule has 0 aliphatic carbocycles. The summed E-state index contributed by atoms with van der Waals surface area (Å²) in [4.78, 5) is 1.19. The van der Waals surface area contributed by atoms with Crippen LogP contribution < -0.4 is 0 Å². The van der Waals surface area contributed by atoms with Gasteiger partial charge in [0.25, 0.3) is 0 Å². The van der Waals surface area contributed by atoms with E-state index in [1.165, 1.54) is 10.3 Å². The van der Waals surface area contributed by atoms with Crippen molar-refractivity contribution in [1.29, 1.82) is 0 Å². The zero-order chi connectivity index (χ0) is 14.8. The van der Waals surface area contributed by atoms with Crippen molar-refractivity contribution in [1.82, 2.24) is 9.78 Å². The topological polar surface area (TPSA) is 38.1 Å². The Balaban J connectivity index is 1.77. The molecule has 0 aliphatic heterocycles. The molecule has 1 N–H and O–H groups in total. The number of para-hydroxylation sites is 1. The molecule has 3 aromatic rings. The molecule has 0 fully saturated rings. The van der Waals surface area contributed by atoms with Crippen molar-refractivity contribution in [3.05, 3.63) is 59.8 Å². The van der Waals surface area contributed by atoms with Crippen molar-refractivity contribution in [3.8, 4) is 0 Å². The van der Waals surface area contributed by atoms with Crippen LogP contribution in [-0.2, 0) is 12.8 Å². The zero-order valence-corrected chi connectivity index (χ0v) is 13.0. The second-order valence-corrected chi connectivity index (χ2v) is 6.17. The SMILES string of the molecule is CC(O)c1ccc(SCc2nn(C)c3ccccc23)cc1. The van der Waals surface area contributed by atoms with Gasteiger partial charge in [0.2, 0.25) is 0 Å². The van der Waals surface area contributed by atoms with E-state index in [0.717, 1.165) is 22.5 Å². The summed E-state index contributed by atoms with van der Waals surface area (Å²) in [6.45, 7) is 1.78. The van der Waals surface area contributed by atoms with Crippen LogP contribution in [0, 0.1) is 0 Å². The second kappa shape index (κ2) is 5.92. The number of benzene rings is 2. The number of nitrogens with zero attached hydrogens (tertiary/aromatic N) is 2. The van der Waals surface area contributed by atoms with Crippen molar-refractivity contribution in [2.75, 3.05) is 0 Å². The Morgan fingerprint density at radius 2 is 1.86 bits per heavy atom. The molecule has 1 unspecified atom stereocenters. The van der Waals surface area contributed by atoms with Crippen molar-refractivity contribution in [3.63, 3.8) is 0 Å². The van der Waals surface area contributed by atoms with Crippen LogP contribution >= 0.6 is 11.8 Å². The van der Waals surface area contributed by atoms with E-state index in [2.05, 4.69) is 35.4 Å². The van der Waals surface area contributed by atoms with E-state index in [1.807, 2.05) is 29.9 Å². The molecule has 0 radical (unpaired) electrons. The standard InChI is InChI=1S/C17H18N2OS/c1-12(20)13-7-9-14(10-8-13)21-11-16-15-5-3-4-6-17(15)19(2)18-16/h3-10,12,20H,11H2,1-2H3. The Hall–Kier alpha value is -1.78. The molecule has 1 aromatic heterocycles. The highest BCUT2D eigenvalue weighted by atomic mass is 32.2. The fourth-order valence-electron chi connectivity index (χ4n) is 2.39. The van der Waals surface area contributed by atoms with Crippen LogP contribution in [0.5, 0.6) is 0 Å². The number of aromatic nitrogens is 2. The molecule has 3 rings (SSSR count). The lowest BCUT2D eigenvalue weighted by Gasteiger charge is -2.05. The Morgan fingerprint density at radius 1 is 1.14 bits per heavy atom. The van der Waals surface area contributed by atoms with E-state index >= 15 is 0 Å². The van der Waals surface area contributed by atoms with Gasteiger partial charge in [-0.25, -0.2) is 0 Å². The normalized spacial score (nSPS) is 12.7. The lowest BCUT2D eigenvalue weighted by molar-refractivity contribution is 0.199. The molecule has 0 aliphatic rings. The first-order valence-corrected chi connectivity index (χ1v) is 7.95. The number of aliphatic hydroxyl groups excluding tert-OH is 1. The predicted octanol–water partition coefficient (Wildman–Crippen LogP) is 3.92. The van der Waals surface area contributed by atoms with Gasteiger partial charge in [0, 0.05) is 23.1 Å². The van der Waals surface area contributed by atoms with Crippen LogP contribution in [0.4, 0.5) is 0 Å². The third-order valence-corrected chi connectivity index (χ3v) is 4.60. The minimum atomic E-state index is -0.413. The van der Waals surface area contributed by atoms with Gasteiger partial charge in [-0.3, -0.25) is 4.68 Å². The fraction of sp³-hybridized carbons (Fsp3) is 0.235. The Morgan fingerprint density at radius 3 is 2.57 bits per heavy atom. The molecule has 21 heavy (non-hydrogen) atoms. The van der Waals surface area contributed by atoms with Crippen LogP contribution in [0.25, 0.3) is 10.9 Å². The highest BCUT2D eigenvalue weighted by molar-refractivity contribution is 7.98. The lowest BCUT2D eigenvalue weighted by atomic mass is 10.1. The molecular formula is C17H18N2OS. The summed E-state index contributed by atoms with van der Waals surface area (Å²) in [7, 11) is 1.98. The Labute approximate surface area is 128 Å². The number of aryl methyl sites for hydroxylation is 1. The van der Waals surface area contributed by atoms with E-state index in [1.54, 1.807) is 18.7 Å². The first-order chi connectivity index (χ1) is 10.1. The minimum absolute atomic E-state index is 0.413. The van der Waals surface area contributed by atoms with Crippen LogP contribution in [0.3, 0.4) is 0 Å². The summed E-state index contributed by atoms with van der Waals surface area (Å²) in [5.41, 5.74) is 3.22. The van der Waals surface area contributed by atoms with Crippen molar-refractivity contribution < 1.29 is 5.11 Å². The predicted molar refractivity (Wildman–Crippen MR) is 87.4 cm³/mol. The summed E-state index contributed by atoms with van der Waals surface area (Å²) in [6.07, 6.45) is -0.413. The maximum atomic E-state index is 9.52. The summed E-state index contributed by atoms with van der Waals surface area (Å²) in [5, 5.41) is 15.3. The molecule has 0 amide bonds. The summed E-state index contributed by atoms with van der Waals surface area (Å²) in [6, 6.07) is 16.4. The third-order valence-electron chi connectivity index (χ3n) is 3.57. The van der Waals surface area contributed by atoms with Gasteiger partial charge < -0.3 is 5.11 Å². The van der Waals surface area contributed by atoms with Gasteiger partial charge in [-0.2, -0.15) is 5.10 Å². The first kappa shape index (κ1) is 14.2. The zero-order valence-electron chi connectivity index (χ0n) is 12.2. The van der Waals surface area contributed by atoms with E-state index in [0.29, 0.717) is 0 Å². The average molecular weight is 298 g/mol. The largest absolute Gasteiger partial charge is 0.389 e. The van der Waals surface area contributed by atoms with Gasteiger partial charge in [-0.15, -0.1) is 11.8 Å². The van der Waals surface area contributed by atoms with E-state index < -0.39 is 6.10 Å². The van der Waals surface area contributed by atoms with Crippen LogP contribution in [-0.4, -0.2) is 14.9 Å². The molecule has 0 bridgehead atoms. The summed E-state index contributed by atoms with van der Waals surface area (Å²) in [5.74, 6) is 0.843. The highest BCUT2D eigenvalue weighted by Gasteiger charge is 2.08. The van der Waals surface area contributed by atoms with Crippen molar-refractivity contribution in [2.24, 2.45) is 7.05 Å². The third kappa shape index (κ3) is 2.96. The van der Waals surface area contributed by atoms with Gasteiger partial charge in [-0.1, -0.05) is 30.3 Å². The van der Waals surface area contributed by atoms with Crippen molar-refractivity contribution >= 4 is 22.7 Å². The molecule has 0 spiro atoms. The average Bonchev–Trinajstić information content (AvgIpc) is 2.83. The van der Waals surface area contributed by atoms with Crippen LogP contribution in [0.1, 0.15) is 24.3 Å². The van der Waals surface area contributed by atoms with E-state index in [4.69, 9.17) is 0 Å². The fourth-order valence-corrected chi connectivity index (χ4v) is 3.23. The first-order valence-electron chi connectivity index (χ1n) is 6.96. The number of thioether (sulfide) groups is 1. The van der Waals surface area contributed by atoms with E-state index in [-0.39, 0.29) is 0 Å². The van der Waals surface area contributed by atoms with Gasteiger partial charge in [0.1, 0.15) is 0 Å². The lowest BCUT2D eigenvalue weighted by Crippen LogP contribution is -1.91. The maximum absolute atomic E-state index is 9.52. The van der Waals surface area contributed by atoms with Crippen LogP contribution in [0.15, 0.2) is 53.4 Å². The summed E-state index contributed by atoms with van der Waals surface area (Å²) < 4.78 is 1.93. The number of hydrogen-bond acceptors (Lipinski definition) is 3. The van der Waals surface area contributed by atoms with Gasteiger partial charge in [0.15, 0.2) is 0 Å². The van der Waals surface area contributed by atoms with Gasteiger partial charge in [0.05, 0.1) is 17.3 Å². The molecule has 4 heteroatoms. The quantitative estimate of drug-likeness (QED) is 0.742. The number of aliphatic hydroxyl groups is 1. The van der Waals surface area contributed by atoms with E-state index in [9.17, 15) is 5.11 Å². The van der Waals surface area contributed by atoms with Crippen molar-refractivity contribution in [2.45, 2.75) is 23.7 Å². The molecule has 2 aromatic carbocycles. The minimum Gasteiger partial charge on any atom is -0.389 e. The molecule has 0 saturated carbocycles. The molecule has 1 heterocycles.